The van der Waals surface area contributed by atoms with Crippen LogP contribution < -0.4 is 4.90 Å². The average molecular weight is 778 g/mol. The first-order valence-electron chi connectivity index (χ1n) is 17.9. The van der Waals surface area contributed by atoms with Gasteiger partial charge in [-0.05, 0) is 78.8 Å². The molecule has 5 atom stereocenters. The van der Waals surface area contributed by atoms with Crippen LogP contribution in [0.5, 0.6) is 0 Å². The van der Waals surface area contributed by atoms with Crippen LogP contribution in [0, 0.1) is 0 Å². The molecule has 3 fully saturated rings. The van der Waals surface area contributed by atoms with E-state index in [1.807, 2.05) is 13.8 Å². The summed E-state index contributed by atoms with van der Waals surface area (Å²) in [4.78, 5) is 22.7. The van der Waals surface area contributed by atoms with Crippen molar-refractivity contribution in [2.45, 2.75) is 154 Å². The van der Waals surface area contributed by atoms with E-state index in [1.165, 1.54) is 22.7 Å². The third-order valence-electron chi connectivity index (χ3n) is 9.18. The number of nitrogens with zero attached hydrogens (tertiary/aromatic N) is 5. The zero-order valence-corrected chi connectivity index (χ0v) is 33.3. The summed E-state index contributed by atoms with van der Waals surface area (Å²) in [6.07, 6.45) is 3.49. The molecule has 2 aromatic rings. The van der Waals surface area contributed by atoms with Crippen LogP contribution in [0.25, 0.3) is 11.0 Å². The van der Waals surface area contributed by atoms with E-state index < -0.39 is 70.2 Å². The molecule has 18 heteroatoms. The minimum Gasteiger partial charge on any atom is -0.443 e. The molecule has 15 nitrogen and oxygen atoms in total. The van der Waals surface area contributed by atoms with Crippen LogP contribution in [0.3, 0.4) is 0 Å². The van der Waals surface area contributed by atoms with Gasteiger partial charge in [0.15, 0.2) is 38.3 Å². The van der Waals surface area contributed by atoms with E-state index in [9.17, 15) is 17.8 Å². The number of sulfone groups is 1. The Hall–Kier alpha value is -1.91. The fourth-order valence-corrected chi connectivity index (χ4v) is 11.2. The van der Waals surface area contributed by atoms with Crippen LogP contribution in [0.4, 0.5) is 10.6 Å². The molecule has 51 heavy (non-hydrogen) atoms. The molecule has 0 N–H and O–H groups in total. The standard InChI is InChI=1S/C33H53ClN5O10PS/c1-9-11-17-44-50(41,45-18-12-10-2)21(3)51(42,43)20-24-25-26(48-33(7,8)47-25)29(46-24)39-28-23(19-35-39)27(36-30(34)37-28)38(22-15-13-14-16-22)31(40)49-32(4,5)6/h19,21-22,24-26,29H,9-18,20H2,1-8H3/t21-,24-,25-,26-,29-/m1/s1. The first kappa shape index (κ1) is 40.3. The maximum Gasteiger partial charge on any atom is 0.416 e. The molecule has 0 unspecified atom stereocenters. The summed E-state index contributed by atoms with van der Waals surface area (Å²) >= 11 is 6.52. The number of carbonyl (C=O) groups is 1. The number of hydrogen-bond donors (Lipinski definition) is 0. The normalized spacial score (nSPS) is 24.6. The number of hydrogen-bond acceptors (Lipinski definition) is 13. The molecule has 1 saturated carbocycles. The zero-order chi connectivity index (χ0) is 37.4. The Labute approximate surface area is 305 Å². The Bertz CT molecular complexity index is 1680. The second-order valence-electron chi connectivity index (χ2n) is 14.9. The summed E-state index contributed by atoms with van der Waals surface area (Å²) in [5.74, 6) is -1.37. The Morgan fingerprint density at radius 1 is 1.10 bits per heavy atom. The van der Waals surface area contributed by atoms with E-state index in [1.54, 1.807) is 34.6 Å². The number of rotatable bonds is 15. The lowest BCUT2D eigenvalue weighted by molar-refractivity contribution is -0.195. The summed E-state index contributed by atoms with van der Waals surface area (Å²) in [5.41, 5.74) is -0.499. The van der Waals surface area contributed by atoms with Gasteiger partial charge in [0.1, 0.15) is 23.9 Å². The quantitative estimate of drug-likeness (QED) is 0.101. The topological polar surface area (TPSA) is 170 Å². The van der Waals surface area contributed by atoms with E-state index in [0.29, 0.717) is 18.2 Å². The van der Waals surface area contributed by atoms with E-state index in [4.69, 9.17) is 39.6 Å². The summed E-state index contributed by atoms with van der Waals surface area (Å²) in [7, 11) is -8.21. The van der Waals surface area contributed by atoms with Gasteiger partial charge in [-0.1, -0.05) is 39.5 Å². The number of carbonyl (C=O) groups excluding carboxylic acids is 1. The highest BCUT2D eigenvalue weighted by Gasteiger charge is 2.58. The number of aromatic nitrogens is 4. The van der Waals surface area contributed by atoms with Crippen molar-refractivity contribution in [3.63, 3.8) is 0 Å². The molecule has 4 heterocycles. The Kier molecular flexibility index (Phi) is 12.5. The van der Waals surface area contributed by atoms with Gasteiger partial charge >= 0.3 is 13.7 Å². The Balaban J connectivity index is 1.48. The number of anilines is 1. The van der Waals surface area contributed by atoms with E-state index in [-0.39, 0.29) is 36.0 Å². The van der Waals surface area contributed by atoms with Gasteiger partial charge in [-0.15, -0.1) is 0 Å². The third-order valence-corrected chi connectivity index (χ3v) is 14.9. The molecule has 2 aliphatic heterocycles. The van der Waals surface area contributed by atoms with Crippen molar-refractivity contribution < 1.29 is 45.8 Å². The third kappa shape index (κ3) is 9.08. The van der Waals surface area contributed by atoms with Gasteiger partial charge in [-0.25, -0.2) is 17.9 Å². The van der Waals surface area contributed by atoms with E-state index in [0.717, 1.165) is 38.5 Å². The van der Waals surface area contributed by atoms with Crippen molar-refractivity contribution in [1.82, 2.24) is 19.7 Å². The smallest absolute Gasteiger partial charge is 0.416 e. The lowest BCUT2D eigenvalue weighted by Gasteiger charge is -2.31. The van der Waals surface area contributed by atoms with Crippen molar-refractivity contribution >= 4 is 52.0 Å². The minimum absolute atomic E-state index is 0.114. The summed E-state index contributed by atoms with van der Waals surface area (Å²) in [6.45, 7) is 14.3. The van der Waals surface area contributed by atoms with Crippen molar-refractivity contribution in [1.29, 1.82) is 0 Å². The molecule has 0 radical (unpaired) electrons. The molecule has 1 amide bonds. The van der Waals surface area contributed by atoms with Crippen molar-refractivity contribution in [3.05, 3.63) is 11.5 Å². The number of halogens is 1. The molecule has 0 bridgehead atoms. The lowest BCUT2D eigenvalue weighted by Crippen LogP contribution is -2.43. The van der Waals surface area contributed by atoms with Crippen molar-refractivity contribution in [2.24, 2.45) is 0 Å². The maximum absolute atomic E-state index is 14.0. The van der Waals surface area contributed by atoms with Crippen LogP contribution in [0.1, 0.15) is 113 Å². The molecule has 288 valence electrons. The highest BCUT2D eigenvalue weighted by Crippen LogP contribution is 2.56. The number of fused-ring (bicyclic) bond motifs is 2. The second kappa shape index (κ2) is 15.8. The number of amides is 1. The largest absolute Gasteiger partial charge is 0.443 e. The minimum atomic E-state index is -4.15. The van der Waals surface area contributed by atoms with Crippen molar-refractivity contribution in [3.8, 4) is 0 Å². The fraction of sp³-hybridized carbons (Fsp3) is 0.818. The molecule has 0 spiro atoms. The van der Waals surface area contributed by atoms with Gasteiger partial charge in [0.05, 0.1) is 30.5 Å². The van der Waals surface area contributed by atoms with Gasteiger partial charge < -0.3 is 28.0 Å². The van der Waals surface area contributed by atoms with Crippen LogP contribution in [-0.4, -0.2) is 94.0 Å². The second-order valence-corrected chi connectivity index (χ2v) is 20.3. The molecule has 5 rings (SSSR count). The Morgan fingerprint density at radius 2 is 1.71 bits per heavy atom. The SMILES string of the molecule is CCCCOP(=O)(OCCCC)[C@@H](C)S(=O)(=O)C[C@H]1O[C@@H](n2ncc3c(N(C(=O)OC(C)(C)C)C4CCCC4)nc(Cl)nc32)[C@@H]2OC(C)(C)O[C@@H]21. The molecule has 2 saturated heterocycles. The molecule has 3 aliphatic rings. The summed E-state index contributed by atoms with van der Waals surface area (Å²) in [5, 5.41) is 4.90. The fourth-order valence-electron chi connectivity index (χ4n) is 6.61. The van der Waals surface area contributed by atoms with E-state index >= 15 is 0 Å². The number of ether oxygens (including phenoxy) is 4. The summed E-state index contributed by atoms with van der Waals surface area (Å²) in [6, 6.07) is -0.165. The van der Waals surface area contributed by atoms with Crippen LogP contribution in [-0.2, 0) is 42.4 Å². The highest BCUT2D eigenvalue weighted by molar-refractivity contribution is 7.98. The van der Waals surface area contributed by atoms with Crippen LogP contribution in [0.15, 0.2) is 6.20 Å². The highest BCUT2D eigenvalue weighted by atomic mass is 35.5. The van der Waals surface area contributed by atoms with Gasteiger partial charge in [-0.2, -0.15) is 15.1 Å². The predicted molar refractivity (Wildman–Crippen MR) is 192 cm³/mol. The molecule has 1 aliphatic carbocycles. The first-order chi connectivity index (χ1) is 23.9. The lowest BCUT2D eigenvalue weighted by atomic mass is 10.1. The average Bonchev–Trinajstić information content (AvgIpc) is 3.81. The van der Waals surface area contributed by atoms with E-state index in [2.05, 4.69) is 15.1 Å². The predicted octanol–water partition coefficient (Wildman–Crippen LogP) is 7.17. The van der Waals surface area contributed by atoms with Crippen LogP contribution in [0.2, 0.25) is 5.28 Å². The summed E-state index contributed by atoms with van der Waals surface area (Å²) < 4.78 is 79.4. The molecular formula is C33H53ClN5O10PS. The number of unbranched alkanes of at least 4 members (excludes halogenated alkanes) is 2. The van der Waals surface area contributed by atoms with Gasteiger partial charge in [0.2, 0.25) is 5.28 Å². The maximum atomic E-state index is 14.0. The van der Waals surface area contributed by atoms with Gasteiger partial charge in [0, 0.05) is 6.04 Å². The first-order valence-corrected chi connectivity index (χ1v) is 21.6. The molecule has 2 aromatic heterocycles. The van der Waals surface area contributed by atoms with Crippen molar-refractivity contribution in [2.75, 3.05) is 23.9 Å². The monoisotopic (exact) mass is 777 g/mol. The molecular weight excluding hydrogens is 725 g/mol. The molecule has 0 aromatic carbocycles. The Morgan fingerprint density at radius 3 is 2.29 bits per heavy atom. The van der Waals surface area contributed by atoms with Gasteiger partial charge in [-0.3, -0.25) is 9.46 Å². The van der Waals surface area contributed by atoms with Crippen LogP contribution >= 0.6 is 19.2 Å². The van der Waals surface area contributed by atoms with Gasteiger partial charge in [0.25, 0.3) is 0 Å². The zero-order valence-electron chi connectivity index (χ0n) is 30.9.